The van der Waals surface area contributed by atoms with Gasteiger partial charge in [0.2, 0.25) is 0 Å². The molecule has 2 atom stereocenters. The second kappa shape index (κ2) is 4.60. The van der Waals surface area contributed by atoms with Crippen molar-refractivity contribution in [2.24, 2.45) is 11.7 Å². The fourth-order valence-electron chi connectivity index (χ4n) is 2.00. The summed E-state index contributed by atoms with van der Waals surface area (Å²) in [5.41, 5.74) is 6.97. The van der Waals surface area contributed by atoms with Gasteiger partial charge in [-0.1, -0.05) is 6.92 Å². The Morgan fingerprint density at radius 3 is 3.07 bits per heavy atom. The third-order valence-corrected chi connectivity index (χ3v) is 3.95. The van der Waals surface area contributed by atoms with Crippen molar-refractivity contribution >= 4 is 11.3 Å². The molecule has 84 valence electrons. The van der Waals surface area contributed by atoms with Gasteiger partial charge in [0.1, 0.15) is 5.01 Å². The minimum absolute atomic E-state index is 0.0706. The highest BCUT2D eigenvalue weighted by Gasteiger charge is 2.19. The molecule has 1 fully saturated rings. The zero-order valence-electron chi connectivity index (χ0n) is 9.44. The van der Waals surface area contributed by atoms with Crippen LogP contribution in [0.5, 0.6) is 0 Å². The predicted octanol–water partition coefficient (Wildman–Crippen LogP) is 2.00. The van der Waals surface area contributed by atoms with Crippen LogP contribution in [0.1, 0.15) is 37.0 Å². The second-order valence-corrected chi connectivity index (χ2v) is 5.48. The van der Waals surface area contributed by atoms with E-state index in [0.29, 0.717) is 0 Å². The molecule has 4 heteroatoms. The molecule has 1 saturated heterocycles. The third-order valence-electron chi connectivity index (χ3n) is 2.85. The van der Waals surface area contributed by atoms with E-state index in [1.54, 1.807) is 11.3 Å². The zero-order chi connectivity index (χ0) is 10.8. The summed E-state index contributed by atoms with van der Waals surface area (Å²) >= 11 is 1.68. The summed E-state index contributed by atoms with van der Waals surface area (Å²) in [5, 5.41) is 3.19. The van der Waals surface area contributed by atoms with E-state index in [-0.39, 0.29) is 6.04 Å². The average Bonchev–Trinajstić information content (AvgIpc) is 2.76. The number of hydrogen-bond acceptors (Lipinski definition) is 4. The first-order chi connectivity index (χ1) is 7.15. The summed E-state index contributed by atoms with van der Waals surface area (Å²) in [6, 6.07) is 0.0706. The first kappa shape index (κ1) is 11.0. The zero-order valence-corrected chi connectivity index (χ0v) is 10.3. The minimum atomic E-state index is 0.0706. The van der Waals surface area contributed by atoms with Crippen molar-refractivity contribution < 1.29 is 0 Å². The molecule has 2 N–H and O–H groups in total. The molecule has 15 heavy (non-hydrogen) atoms. The Labute approximate surface area is 95.3 Å². The smallest absolute Gasteiger partial charge is 0.109 e. The van der Waals surface area contributed by atoms with Crippen molar-refractivity contribution in [1.29, 1.82) is 0 Å². The molecule has 1 aromatic rings. The fraction of sp³-hybridized carbons (Fsp3) is 0.727. The van der Waals surface area contributed by atoms with Gasteiger partial charge in [-0.2, -0.15) is 0 Å². The Morgan fingerprint density at radius 1 is 1.73 bits per heavy atom. The molecule has 0 aliphatic carbocycles. The van der Waals surface area contributed by atoms with Crippen LogP contribution in [-0.4, -0.2) is 23.0 Å². The molecule has 0 bridgehead atoms. The molecule has 0 amide bonds. The fourth-order valence-corrected chi connectivity index (χ4v) is 2.77. The van der Waals surface area contributed by atoms with Crippen molar-refractivity contribution in [3.63, 3.8) is 0 Å². The molecular formula is C11H19N3S. The summed E-state index contributed by atoms with van der Waals surface area (Å²) in [7, 11) is 0. The van der Waals surface area contributed by atoms with E-state index in [1.165, 1.54) is 25.2 Å². The van der Waals surface area contributed by atoms with E-state index in [9.17, 15) is 0 Å². The molecule has 0 radical (unpaired) electrons. The minimum Gasteiger partial charge on any atom is -0.322 e. The molecule has 3 nitrogen and oxygen atoms in total. The van der Waals surface area contributed by atoms with E-state index in [4.69, 9.17) is 5.73 Å². The van der Waals surface area contributed by atoms with E-state index < -0.39 is 0 Å². The molecule has 0 saturated carbocycles. The quantitative estimate of drug-likeness (QED) is 0.855. The number of rotatable bonds is 3. The van der Waals surface area contributed by atoms with Crippen molar-refractivity contribution in [3.8, 4) is 0 Å². The maximum Gasteiger partial charge on any atom is 0.109 e. The van der Waals surface area contributed by atoms with Gasteiger partial charge < -0.3 is 5.73 Å². The number of nitrogens with two attached hydrogens (primary N) is 1. The van der Waals surface area contributed by atoms with Crippen LogP contribution < -0.4 is 5.73 Å². The average molecular weight is 225 g/mol. The number of thiazole rings is 1. The first-order valence-electron chi connectivity index (χ1n) is 5.57. The largest absolute Gasteiger partial charge is 0.322 e. The van der Waals surface area contributed by atoms with Gasteiger partial charge in [0, 0.05) is 18.5 Å². The second-order valence-electron chi connectivity index (χ2n) is 4.59. The number of nitrogens with zero attached hydrogens (tertiary/aromatic N) is 2. The lowest BCUT2D eigenvalue weighted by molar-refractivity contribution is 0.317. The lowest BCUT2D eigenvalue weighted by Gasteiger charge is -2.12. The van der Waals surface area contributed by atoms with Crippen molar-refractivity contribution in [2.75, 3.05) is 13.1 Å². The van der Waals surface area contributed by atoms with E-state index in [1.807, 2.05) is 6.92 Å². The van der Waals surface area contributed by atoms with E-state index in [2.05, 4.69) is 22.2 Å². The molecule has 2 rings (SSSR count). The lowest BCUT2D eigenvalue weighted by Crippen LogP contribution is -2.19. The molecule has 1 aliphatic heterocycles. The maximum atomic E-state index is 5.79. The highest BCUT2D eigenvalue weighted by Crippen LogP contribution is 2.20. The van der Waals surface area contributed by atoms with Crippen LogP contribution >= 0.6 is 11.3 Å². The van der Waals surface area contributed by atoms with Crippen molar-refractivity contribution in [3.05, 3.63) is 16.1 Å². The molecule has 2 heterocycles. The van der Waals surface area contributed by atoms with Crippen LogP contribution in [0.2, 0.25) is 0 Å². The molecule has 0 spiro atoms. The Hall–Kier alpha value is -0.450. The first-order valence-corrected chi connectivity index (χ1v) is 6.45. The predicted molar refractivity (Wildman–Crippen MR) is 63.8 cm³/mol. The Balaban J connectivity index is 1.93. The molecule has 0 aromatic carbocycles. The number of hydrogen-bond donors (Lipinski definition) is 1. The summed E-state index contributed by atoms with van der Waals surface area (Å²) < 4.78 is 0. The summed E-state index contributed by atoms with van der Waals surface area (Å²) in [6.45, 7) is 7.72. The highest BCUT2D eigenvalue weighted by molar-refractivity contribution is 7.09. The van der Waals surface area contributed by atoms with Gasteiger partial charge in [-0.05, 0) is 25.8 Å². The lowest BCUT2D eigenvalue weighted by atomic mass is 10.2. The highest BCUT2D eigenvalue weighted by atomic mass is 32.1. The van der Waals surface area contributed by atoms with E-state index >= 15 is 0 Å². The Morgan fingerprint density at radius 2 is 2.53 bits per heavy atom. The molecule has 2 unspecified atom stereocenters. The summed E-state index contributed by atoms with van der Waals surface area (Å²) in [5.74, 6) is 0.844. The normalized spacial score (nSPS) is 24.6. The molecule has 1 aromatic heterocycles. The van der Waals surface area contributed by atoms with Crippen LogP contribution in [0.25, 0.3) is 0 Å². The van der Waals surface area contributed by atoms with Crippen LogP contribution in [0, 0.1) is 5.92 Å². The van der Waals surface area contributed by atoms with Gasteiger partial charge in [-0.3, -0.25) is 4.90 Å². The molecular weight excluding hydrogens is 206 g/mol. The number of aromatic nitrogens is 1. The topological polar surface area (TPSA) is 42.1 Å². The van der Waals surface area contributed by atoms with Crippen molar-refractivity contribution in [2.45, 2.75) is 32.9 Å². The number of likely N-dealkylation sites (tertiary alicyclic amines) is 1. The summed E-state index contributed by atoms with van der Waals surface area (Å²) in [6.07, 6.45) is 1.32. The van der Waals surface area contributed by atoms with Crippen LogP contribution in [0.15, 0.2) is 5.38 Å². The van der Waals surface area contributed by atoms with Crippen LogP contribution in [0.3, 0.4) is 0 Å². The summed E-state index contributed by atoms with van der Waals surface area (Å²) in [4.78, 5) is 7.03. The third kappa shape index (κ3) is 2.77. The maximum absolute atomic E-state index is 5.79. The van der Waals surface area contributed by atoms with E-state index in [0.717, 1.165) is 17.5 Å². The van der Waals surface area contributed by atoms with Crippen molar-refractivity contribution in [1.82, 2.24) is 9.88 Å². The molecule has 1 aliphatic rings. The standard InChI is InChI=1S/C11H19N3S/c1-8-3-4-14(5-8)6-10-7-15-11(13-10)9(2)12/h7-9H,3-6,12H2,1-2H3. The van der Waals surface area contributed by atoms with Gasteiger partial charge in [0.15, 0.2) is 0 Å². The van der Waals surface area contributed by atoms with Gasteiger partial charge in [0.05, 0.1) is 11.7 Å². The van der Waals surface area contributed by atoms with Crippen LogP contribution in [0.4, 0.5) is 0 Å². The SMILES string of the molecule is CC1CCN(Cc2csc(C(C)N)n2)C1. The van der Waals surface area contributed by atoms with Gasteiger partial charge in [-0.25, -0.2) is 4.98 Å². The van der Waals surface area contributed by atoms with Gasteiger partial charge in [-0.15, -0.1) is 11.3 Å². The Bertz CT molecular complexity index is 321. The van der Waals surface area contributed by atoms with Gasteiger partial charge >= 0.3 is 0 Å². The monoisotopic (exact) mass is 225 g/mol. The Kier molecular flexibility index (Phi) is 3.38. The van der Waals surface area contributed by atoms with Crippen LogP contribution in [-0.2, 0) is 6.54 Å². The van der Waals surface area contributed by atoms with Gasteiger partial charge in [0.25, 0.3) is 0 Å².